The highest BCUT2D eigenvalue weighted by Gasteiger charge is 2.08. The van der Waals surface area contributed by atoms with Gasteiger partial charge in [-0.25, -0.2) is 0 Å². The topological polar surface area (TPSA) is 49.3 Å². The Morgan fingerprint density at radius 3 is 2.29 bits per heavy atom. The predicted molar refractivity (Wildman–Crippen MR) is 57.5 cm³/mol. The number of aromatic hydroxyl groups is 1. The highest BCUT2D eigenvalue weighted by Crippen LogP contribution is 2.34. The zero-order valence-electron chi connectivity index (χ0n) is 6.85. The molecular formula is C8H6Cl3NO2. The van der Waals surface area contributed by atoms with Crippen LogP contribution in [0.25, 0.3) is 0 Å². The predicted octanol–water partition coefficient (Wildman–Crippen LogP) is 2.88. The standard InChI is InChI=1S/C8H6Cl3NO2/c9-3-7(13)12-4-1-5(10)8(14)6(11)2-4/h1-2,14H,3H2,(H,12,13). The molecule has 0 spiro atoms. The van der Waals surface area contributed by atoms with Crippen LogP contribution in [0.2, 0.25) is 10.0 Å². The van der Waals surface area contributed by atoms with Crippen molar-refractivity contribution in [1.29, 1.82) is 0 Å². The quantitative estimate of drug-likeness (QED) is 0.630. The molecule has 0 heterocycles. The molecule has 1 aromatic rings. The Morgan fingerprint density at radius 1 is 1.36 bits per heavy atom. The Labute approximate surface area is 95.6 Å². The van der Waals surface area contributed by atoms with E-state index < -0.39 is 0 Å². The molecule has 0 aliphatic heterocycles. The van der Waals surface area contributed by atoms with Crippen molar-refractivity contribution in [3.05, 3.63) is 22.2 Å². The highest BCUT2D eigenvalue weighted by atomic mass is 35.5. The first-order chi connectivity index (χ1) is 6.54. The number of hydrogen-bond acceptors (Lipinski definition) is 2. The molecule has 0 saturated carbocycles. The second-order valence-corrected chi connectivity index (χ2v) is 3.55. The van der Waals surface area contributed by atoms with Crippen LogP contribution < -0.4 is 5.32 Å². The van der Waals surface area contributed by atoms with Crippen LogP contribution in [-0.2, 0) is 4.79 Å². The number of halogens is 3. The third kappa shape index (κ3) is 2.67. The Balaban J connectivity index is 2.95. The van der Waals surface area contributed by atoms with Crippen molar-refractivity contribution >= 4 is 46.4 Å². The maximum atomic E-state index is 10.9. The summed E-state index contributed by atoms with van der Waals surface area (Å²) in [6.45, 7) is 0. The van der Waals surface area contributed by atoms with Gasteiger partial charge in [-0.15, -0.1) is 11.6 Å². The number of amides is 1. The fourth-order valence-electron chi connectivity index (χ4n) is 0.832. The van der Waals surface area contributed by atoms with Crippen molar-refractivity contribution in [2.75, 3.05) is 11.2 Å². The molecule has 0 aromatic heterocycles. The van der Waals surface area contributed by atoms with E-state index >= 15 is 0 Å². The molecule has 0 aliphatic carbocycles. The van der Waals surface area contributed by atoms with Crippen molar-refractivity contribution in [3.8, 4) is 5.75 Å². The van der Waals surface area contributed by atoms with Crippen LogP contribution in [0.1, 0.15) is 0 Å². The number of alkyl halides is 1. The summed E-state index contributed by atoms with van der Waals surface area (Å²) in [6.07, 6.45) is 0. The largest absolute Gasteiger partial charge is 0.505 e. The first kappa shape index (κ1) is 11.4. The average Bonchev–Trinajstić information content (AvgIpc) is 2.14. The van der Waals surface area contributed by atoms with Gasteiger partial charge in [0.2, 0.25) is 5.91 Å². The molecule has 0 aliphatic rings. The molecule has 1 amide bonds. The number of phenols is 1. The Hall–Kier alpha value is -0.640. The van der Waals surface area contributed by atoms with E-state index in [2.05, 4.69) is 5.32 Å². The van der Waals surface area contributed by atoms with Gasteiger partial charge < -0.3 is 10.4 Å². The Kier molecular flexibility index (Phi) is 3.86. The summed E-state index contributed by atoms with van der Waals surface area (Å²) < 4.78 is 0. The third-order valence-corrected chi connectivity index (χ3v) is 2.24. The van der Waals surface area contributed by atoms with E-state index in [1.54, 1.807) is 0 Å². The molecule has 0 bridgehead atoms. The number of phenolic OH excluding ortho intramolecular Hbond substituents is 1. The first-order valence-electron chi connectivity index (χ1n) is 3.58. The lowest BCUT2D eigenvalue weighted by Crippen LogP contribution is -2.12. The van der Waals surface area contributed by atoms with E-state index in [4.69, 9.17) is 34.8 Å². The molecule has 3 nitrogen and oxygen atoms in total. The van der Waals surface area contributed by atoms with Crippen LogP contribution >= 0.6 is 34.8 Å². The van der Waals surface area contributed by atoms with Gasteiger partial charge in [-0.05, 0) is 12.1 Å². The van der Waals surface area contributed by atoms with Crippen molar-refractivity contribution in [1.82, 2.24) is 0 Å². The normalized spacial score (nSPS) is 9.93. The maximum absolute atomic E-state index is 10.9. The minimum atomic E-state index is -0.371. The van der Waals surface area contributed by atoms with Gasteiger partial charge in [0.25, 0.3) is 0 Å². The molecule has 14 heavy (non-hydrogen) atoms. The fraction of sp³-hybridized carbons (Fsp3) is 0.125. The molecule has 1 aromatic carbocycles. The fourth-order valence-corrected chi connectivity index (χ4v) is 1.39. The first-order valence-corrected chi connectivity index (χ1v) is 4.87. The zero-order chi connectivity index (χ0) is 10.7. The number of nitrogens with one attached hydrogen (secondary N) is 1. The van der Waals surface area contributed by atoms with Crippen molar-refractivity contribution in [2.24, 2.45) is 0 Å². The van der Waals surface area contributed by atoms with Crippen LogP contribution in [0, 0.1) is 0 Å². The molecule has 0 fully saturated rings. The lowest BCUT2D eigenvalue weighted by atomic mass is 10.3. The molecule has 0 atom stereocenters. The van der Waals surface area contributed by atoms with Gasteiger partial charge in [-0.3, -0.25) is 4.79 Å². The van der Waals surface area contributed by atoms with Gasteiger partial charge in [-0.1, -0.05) is 23.2 Å². The summed E-state index contributed by atoms with van der Waals surface area (Å²) in [7, 11) is 0. The van der Waals surface area contributed by atoms with Crippen LogP contribution in [0.15, 0.2) is 12.1 Å². The number of carbonyl (C=O) groups excluding carboxylic acids is 1. The summed E-state index contributed by atoms with van der Waals surface area (Å²) in [5, 5.41) is 11.8. The highest BCUT2D eigenvalue weighted by molar-refractivity contribution is 6.37. The number of anilines is 1. The van der Waals surface area contributed by atoms with Gasteiger partial charge in [0, 0.05) is 5.69 Å². The van der Waals surface area contributed by atoms with Gasteiger partial charge in [0.05, 0.1) is 10.0 Å². The maximum Gasteiger partial charge on any atom is 0.239 e. The molecular weight excluding hydrogens is 248 g/mol. The van der Waals surface area contributed by atoms with E-state index in [-0.39, 0.29) is 27.6 Å². The van der Waals surface area contributed by atoms with E-state index in [0.29, 0.717) is 5.69 Å². The van der Waals surface area contributed by atoms with Crippen LogP contribution in [0.4, 0.5) is 5.69 Å². The average molecular weight is 254 g/mol. The summed E-state index contributed by atoms with van der Waals surface area (Å²) in [4.78, 5) is 10.9. The molecule has 0 radical (unpaired) electrons. The summed E-state index contributed by atoms with van der Waals surface area (Å²) in [6, 6.07) is 2.76. The molecule has 0 unspecified atom stereocenters. The van der Waals surface area contributed by atoms with Crippen molar-refractivity contribution in [3.63, 3.8) is 0 Å². The van der Waals surface area contributed by atoms with E-state index in [1.165, 1.54) is 12.1 Å². The van der Waals surface area contributed by atoms with Gasteiger partial charge >= 0.3 is 0 Å². The summed E-state index contributed by atoms with van der Waals surface area (Å²) in [5.74, 6) is -0.738. The van der Waals surface area contributed by atoms with E-state index in [0.717, 1.165) is 0 Å². The third-order valence-electron chi connectivity index (χ3n) is 1.42. The van der Waals surface area contributed by atoms with Crippen LogP contribution in [0.3, 0.4) is 0 Å². The van der Waals surface area contributed by atoms with E-state index in [9.17, 15) is 9.90 Å². The smallest absolute Gasteiger partial charge is 0.239 e. The molecule has 0 saturated heterocycles. The zero-order valence-corrected chi connectivity index (χ0v) is 9.12. The lowest BCUT2D eigenvalue weighted by Gasteiger charge is -2.06. The SMILES string of the molecule is O=C(CCl)Nc1cc(Cl)c(O)c(Cl)c1. The molecule has 1 rings (SSSR count). The van der Waals surface area contributed by atoms with Crippen LogP contribution in [-0.4, -0.2) is 16.9 Å². The molecule has 76 valence electrons. The lowest BCUT2D eigenvalue weighted by molar-refractivity contribution is -0.113. The second-order valence-electron chi connectivity index (χ2n) is 2.47. The molecule has 6 heteroatoms. The van der Waals surface area contributed by atoms with E-state index in [1.807, 2.05) is 0 Å². The second kappa shape index (κ2) is 4.73. The van der Waals surface area contributed by atoms with Crippen molar-refractivity contribution < 1.29 is 9.90 Å². The summed E-state index contributed by atoms with van der Waals surface area (Å²) >= 11 is 16.5. The number of carbonyl (C=O) groups is 1. The van der Waals surface area contributed by atoms with Gasteiger partial charge in [0.15, 0.2) is 5.75 Å². The Bertz CT molecular complexity index is 345. The minimum absolute atomic E-state index is 0.0716. The van der Waals surface area contributed by atoms with Gasteiger partial charge in [-0.2, -0.15) is 0 Å². The minimum Gasteiger partial charge on any atom is -0.505 e. The number of benzene rings is 1. The van der Waals surface area contributed by atoms with Crippen molar-refractivity contribution in [2.45, 2.75) is 0 Å². The summed E-state index contributed by atoms with van der Waals surface area (Å²) in [5.41, 5.74) is 0.392. The van der Waals surface area contributed by atoms with Crippen LogP contribution in [0.5, 0.6) is 5.75 Å². The number of rotatable bonds is 2. The monoisotopic (exact) mass is 253 g/mol. The number of hydrogen-bond donors (Lipinski definition) is 2. The molecule has 2 N–H and O–H groups in total. The van der Waals surface area contributed by atoms with Gasteiger partial charge in [0.1, 0.15) is 5.88 Å². The Morgan fingerprint density at radius 2 is 1.86 bits per heavy atom.